The Labute approximate surface area is 125 Å². The normalized spacial score (nSPS) is 13.6. The van der Waals surface area contributed by atoms with E-state index in [1.54, 1.807) is 19.9 Å². The second-order valence-electron chi connectivity index (χ2n) is 5.07. The van der Waals surface area contributed by atoms with Crippen molar-refractivity contribution in [2.24, 2.45) is 0 Å². The van der Waals surface area contributed by atoms with Crippen LogP contribution in [0.5, 0.6) is 0 Å². The molecule has 0 saturated carbocycles. The van der Waals surface area contributed by atoms with Gasteiger partial charge in [0.1, 0.15) is 11.9 Å². The number of nitrogens with one attached hydrogen (secondary N) is 2. The molecule has 7 nitrogen and oxygen atoms in total. The van der Waals surface area contributed by atoms with Crippen LogP contribution in [0.4, 0.5) is 9.18 Å². The van der Waals surface area contributed by atoms with E-state index < -0.39 is 29.6 Å². The number of rotatable bonds is 4. The number of hydrogen-bond acceptors (Lipinski definition) is 4. The summed E-state index contributed by atoms with van der Waals surface area (Å²) in [6, 6.07) is 1.98. The molecule has 22 heavy (non-hydrogen) atoms. The molecular formula is C14H16FN3O4. The summed E-state index contributed by atoms with van der Waals surface area (Å²) >= 11 is 0. The van der Waals surface area contributed by atoms with E-state index in [2.05, 4.69) is 15.5 Å². The number of aromatic nitrogens is 2. The molecule has 2 rings (SSSR count). The van der Waals surface area contributed by atoms with Gasteiger partial charge in [-0.3, -0.25) is 0 Å². The standard InChI is InChI=1S/C14H16FN3O4/c1-6-4-5-9(15)10(7(6)2)8(3)11(16-13(19)20)12-17-18-14(21)22-12/h4-5,8,11,16H,1-3H3,(H,18,21)(H,19,20). The average Bonchev–Trinajstić information content (AvgIpc) is 2.86. The third kappa shape index (κ3) is 3.00. The van der Waals surface area contributed by atoms with Gasteiger partial charge in [-0.05, 0) is 36.6 Å². The van der Waals surface area contributed by atoms with Crippen molar-refractivity contribution in [1.82, 2.24) is 15.5 Å². The lowest BCUT2D eigenvalue weighted by Crippen LogP contribution is -2.31. The van der Waals surface area contributed by atoms with Crippen molar-refractivity contribution < 1.29 is 18.7 Å². The van der Waals surface area contributed by atoms with Crippen molar-refractivity contribution in [2.75, 3.05) is 0 Å². The topological polar surface area (TPSA) is 108 Å². The first-order valence-corrected chi connectivity index (χ1v) is 6.61. The van der Waals surface area contributed by atoms with Gasteiger partial charge in [-0.25, -0.2) is 19.1 Å². The molecule has 8 heteroatoms. The van der Waals surface area contributed by atoms with Crippen LogP contribution in [-0.2, 0) is 0 Å². The highest BCUT2D eigenvalue weighted by Crippen LogP contribution is 2.34. The third-order valence-corrected chi connectivity index (χ3v) is 3.69. The molecule has 2 unspecified atom stereocenters. The van der Waals surface area contributed by atoms with Crippen LogP contribution in [0.25, 0.3) is 0 Å². The predicted octanol–water partition coefficient (Wildman–Crippen LogP) is 2.23. The molecule has 1 aromatic heterocycles. The molecule has 2 atom stereocenters. The van der Waals surface area contributed by atoms with Gasteiger partial charge in [0.2, 0.25) is 5.89 Å². The summed E-state index contributed by atoms with van der Waals surface area (Å²) in [5, 5.41) is 16.9. The van der Waals surface area contributed by atoms with Crippen LogP contribution < -0.4 is 11.1 Å². The first-order chi connectivity index (χ1) is 10.3. The van der Waals surface area contributed by atoms with Crippen molar-refractivity contribution in [3.8, 4) is 0 Å². The van der Waals surface area contributed by atoms with Crippen LogP contribution in [0.3, 0.4) is 0 Å². The largest absolute Gasteiger partial charge is 0.465 e. The third-order valence-electron chi connectivity index (χ3n) is 3.69. The van der Waals surface area contributed by atoms with Gasteiger partial charge in [0.25, 0.3) is 0 Å². The summed E-state index contributed by atoms with van der Waals surface area (Å²) in [6.45, 7) is 5.22. The molecule has 0 aliphatic rings. The Morgan fingerprint density at radius 2 is 2.14 bits per heavy atom. The maximum absolute atomic E-state index is 14.2. The Morgan fingerprint density at radius 1 is 1.45 bits per heavy atom. The molecule has 0 aliphatic carbocycles. The lowest BCUT2D eigenvalue weighted by Gasteiger charge is -2.23. The number of carbonyl (C=O) groups is 1. The summed E-state index contributed by atoms with van der Waals surface area (Å²) < 4.78 is 19.0. The average molecular weight is 309 g/mol. The summed E-state index contributed by atoms with van der Waals surface area (Å²) in [5.74, 6) is -2.02. The molecule has 1 aromatic carbocycles. The van der Waals surface area contributed by atoms with E-state index in [0.717, 1.165) is 5.56 Å². The van der Waals surface area contributed by atoms with E-state index in [-0.39, 0.29) is 5.89 Å². The Balaban J connectivity index is 2.50. The highest BCUT2D eigenvalue weighted by Gasteiger charge is 2.30. The number of aryl methyl sites for hydroxylation is 1. The Hall–Kier alpha value is -2.64. The van der Waals surface area contributed by atoms with Gasteiger partial charge in [-0.1, -0.05) is 13.0 Å². The fourth-order valence-corrected chi connectivity index (χ4v) is 2.44. The minimum absolute atomic E-state index is 0.139. The zero-order valence-corrected chi connectivity index (χ0v) is 12.3. The second kappa shape index (κ2) is 6.00. The predicted molar refractivity (Wildman–Crippen MR) is 75.3 cm³/mol. The van der Waals surface area contributed by atoms with Gasteiger partial charge in [0, 0.05) is 5.92 Å². The molecule has 1 amide bonds. The van der Waals surface area contributed by atoms with Gasteiger partial charge < -0.3 is 14.8 Å². The van der Waals surface area contributed by atoms with Gasteiger partial charge >= 0.3 is 11.8 Å². The molecule has 0 aliphatic heterocycles. The number of carboxylic acid groups (broad SMARTS) is 1. The summed E-state index contributed by atoms with van der Waals surface area (Å²) in [5.41, 5.74) is 1.94. The van der Waals surface area contributed by atoms with Crippen LogP contribution in [0.1, 0.15) is 41.5 Å². The number of benzene rings is 1. The quantitative estimate of drug-likeness (QED) is 0.802. The van der Waals surface area contributed by atoms with Crippen molar-refractivity contribution in [3.63, 3.8) is 0 Å². The fraction of sp³-hybridized carbons (Fsp3) is 0.357. The van der Waals surface area contributed by atoms with Gasteiger partial charge in [-0.2, -0.15) is 0 Å². The molecule has 0 radical (unpaired) electrons. The number of hydrogen-bond donors (Lipinski definition) is 3. The van der Waals surface area contributed by atoms with Crippen molar-refractivity contribution in [2.45, 2.75) is 32.7 Å². The molecule has 2 aromatic rings. The van der Waals surface area contributed by atoms with Gasteiger partial charge in [0.05, 0.1) is 0 Å². The lowest BCUT2D eigenvalue weighted by molar-refractivity contribution is 0.184. The summed E-state index contributed by atoms with van der Waals surface area (Å²) in [6.07, 6.45) is -1.33. The van der Waals surface area contributed by atoms with Crippen molar-refractivity contribution in [1.29, 1.82) is 0 Å². The Morgan fingerprint density at radius 3 is 2.68 bits per heavy atom. The van der Waals surface area contributed by atoms with Crippen molar-refractivity contribution >= 4 is 6.09 Å². The Bertz CT molecular complexity index is 753. The van der Waals surface area contributed by atoms with E-state index in [1.165, 1.54) is 6.07 Å². The zero-order valence-electron chi connectivity index (χ0n) is 12.3. The van der Waals surface area contributed by atoms with Crippen LogP contribution in [0.15, 0.2) is 21.3 Å². The monoisotopic (exact) mass is 309 g/mol. The fourth-order valence-electron chi connectivity index (χ4n) is 2.44. The van der Waals surface area contributed by atoms with Gasteiger partial charge in [0.15, 0.2) is 0 Å². The number of H-pyrrole nitrogens is 1. The van der Waals surface area contributed by atoms with E-state index in [9.17, 15) is 14.0 Å². The molecule has 3 N–H and O–H groups in total. The first kappa shape index (κ1) is 15.7. The van der Waals surface area contributed by atoms with Crippen LogP contribution in [0, 0.1) is 19.7 Å². The maximum Gasteiger partial charge on any atom is 0.434 e. The molecule has 0 bridgehead atoms. The number of aromatic amines is 1. The second-order valence-corrected chi connectivity index (χ2v) is 5.07. The highest BCUT2D eigenvalue weighted by atomic mass is 19.1. The molecule has 118 valence electrons. The Kier molecular flexibility index (Phi) is 4.30. The lowest BCUT2D eigenvalue weighted by atomic mass is 9.87. The minimum atomic E-state index is -1.33. The first-order valence-electron chi connectivity index (χ1n) is 6.61. The maximum atomic E-state index is 14.2. The van der Waals surface area contributed by atoms with E-state index in [4.69, 9.17) is 9.52 Å². The van der Waals surface area contributed by atoms with Crippen LogP contribution in [0.2, 0.25) is 0 Å². The van der Waals surface area contributed by atoms with Crippen LogP contribution in [-0.4, -0.2) is 21.4 Å². The SMILES string of the molecule is Cc1ccc(F)c(C(C)C(NC(=O)O)c2n[nH]c(=O)o2)c1C. The molecular weight excluding hydrogens is 293 g/mol. The number of nitrogens with zero attached hydrogens (tertiary/aromatic N) is 1. The summed E-state index contributed by atoms with van der Waals surface area (Å²) in [7, 11) is 0. The number of amides is 1. The molecule has 0 spiro atoms. The van der Waals surface area contributed by atoms with Gasteiger partial charge in [-0.15, -0.1) is 5.10 Å². The smallest absolute Gasteiger partial charge is 0.434 e. The molecule has 1 heterocycles. The zero-order chi connectivity index (χ0) is 16.4. The summed E-state index contributed by atoms with van der Waals surface area (Å²) in [4.78, 5) is 22.1. The highest BCUT2D eigenvalue weighted by molar-refractivity contribution is 5.65. The van der Waals surface area contributed by atoms with Crippen LogP contribution >= 0.6 is 0 Å². The van der Waals surface area contributed by atoms with Crippen molar-refractivity contribution in [3.05, 3.63) is 51.1 Å². The number of halogens is 1. The molecule has 0 saturated heterocycles. The molecule has 0 fully saturated rings. The minimum Gasteiger partial charge on any atom is -0.465 e. The van der Waals surface area contributed by atoms with E-state index in [0.29, 0.717) is 11.1 Å². The van der Waals surface area contributed by atoms with E-state index >= 15 is 0 Å². The van der Waals surface area contributed by atoms with E-state index in [1.807, 2.05) is 6.92 Å².